The molecule has 1 aromatic heterocycles. The molecule has 1 unspecified atom stereocenters. The van der Waals surface area contributed by atoms with Crippen molar-refractivity contribution >= 4 is 24.0 Å². The number of aliphatic hydroxyl groups excluding tert-OH is 1. The number of hydrogen-bond acceptors (Lipinski definition) is 7. The molecule has 7 nitrogen and oxygen atoms in total. The molecule has 0 bridgehead atoms. The third-order valence-corrected chi connectivity index (χ3v) is 5.23. The van der Waals surface area contributed by atoms with Gasteiger partial charge in [-0.25, -0.2) is 0 Å². The van der Waals surface area contributed by atoms with E-state index in [4.69, 9.17) is 9.84 Å². The highest BCUT2D eigenvalue weighted by Gasteiger charge is 2.21. The van der Waals surface area contributed by atoms with Crippen LogP contribution in [-0.4, -0.2) is 70.1 Å². The lowest BCUT2D eigenvalue weighted by Crippen LogP contribution is -2.38. The van der Waals surface area contributed by atoms with Crippen molar-refractivity contribution in [3.63, 3.8) is 0 Å². The van der Waals surface area contributed by atoms with Gasteiger partial charge in [0, 0.05) is 37.2 Å². The molecule has 0 aliphatic carbocycles. The molecule has 0 radical (unpaired) electrons. The average Bonchev–Trinajstić information content (AvgIpc) is 2.74. The average molecular weight is 419 g/mol. The van der Waals surface area contributed by atoms with Crippen LogP contribution < -0.4 is 4.74 Å². The van der Waals surface area contributed by atoms with E-state index in [1.807, 2.05) is 16.7 Å². The second kappa shape index (κ2) is 11.4. The fourth-order valence-corrected chi connectivity index (χ4v) is 3.74. The van der Waals surface area contributed by atoms with Gasteiger partial charge in [0.15, 0.2) is 6.29 Å². The van der Waals surface area contributed by atoms with E-state index in [0.29, 0.717) is 29.7 Å². The number of phenols is 1. The minimum atomic E-state index is -0.483. The standard InChI is InChI=1S/C13H18N2O2S.C8H8O3/c1-10(16)9-12-11(3-2-4-14-12)13(17)15-5-7-18-8-6-15;1-11-8-4-2-3-7(10)6(8)5-9/h2-4,10,16H,5-9H2,1H3;2-5,10H,1H3. The minimum absolute atomic E-state index is 0.0408. The molecule has 156 valence electrons. The maximum absolute atomic E-state index is 12.4. The molecular weight excluding hydrogens is 392 g/mol. The molecule has 2 aromatic rings. The maximum atomic E-state index is 12.4. The van der Waals surface area contributed by atoms with Crippen LogP contribution in [0.15, 0.2) is 36.5 Å². The molecule has 1 fully saturated rings. The summed E-state index contributed by atoms with van der Waals surface area (Å²) in [6.45, 7) is 3.31. The lowest BCUT2D eigenvalue weighted by Gasteiger charge is -2.27. The van der Waals surface area contributed by atoms with Crippen LogP contribution in [0.25, 0.3) is 0 Å². The molecule has 1 atom stereocenters. The number of aromatic hydroxyl groups is 1. The zero-order chi connectivity index (χ0) is 21.2. The first-order valence-corrected chi connectivity index (χ1v) is 10.4. The number of methoxy groups -OCH3 is 1. The first-order valence-electron chi connectivity index (χ1n) is 9.28. The Morgan fingerprint density at radius 3 is 2.62 bits per heavy atom. The van der Waals surface area contributed by atoms with Crippen molar-refractivity contribution in [1.82, 2.24) is 9.88 Å². The summed E-state index contributed by atoms with van der Waals surface area (Å²) >= 11 is 1.88. The Labute approximate surface area is 174 Å². The second-order valence-electron chi connectivity index (χ2n) is 6.47. The summed E-state index contributed by atoms with van der Waals surface area (Å²) in [5.41, 5.74) is 1.51. The number of pyridine rings is 1. The van der Waals surface area contributed by atoms with Crippen molar-refractivity contribution in [1.29, 1.82) is 0 Å². The Balaban J connectivity index is 0.000000234. The third-order valence-electron chi connectivity index (χ3n) is 4.29. The first kappa shape index (κ1) is 22.7. The Kier molecular flexibility index (Phi) is 8.95. The van der Waals surface area contributed by atoms with Crippen LogP contribution in [0.4, 0.5) is 0 Å². The molecule has 1 aromatic carbocycles. The minimum Gasteiger partial charge on any atom is -0.507 e. The van der Waals surface area contributed by atoms with Crippen molar-refractivity contribution in [2.24, 2.45) is 0 Å². The Hall–Kier alpha value is -2.58. The molecule has 2 heterocycles. The number of aliphatic hydroxyl groups is 1. The van der Waals surface area contributed by atoms with Crippen molar-refractivity contribution in [2.75, 3.05) is 31.7 Å². The molecule has 1 saturated heterocycles. The van der Waals surface area contributed by atoms with Gasteiger partial charge in [-0.3, -0.25) is 14.6 Å². The summed E-state index contributed by atoms with van der Waals surface area (Å²) in [5.74, 6) is 2.37. The van der Waals surface area contributed by atoms with E-state index >= 15 is 0 Å². The van der Waals surface area contributed by atoms with Gasteiger partial charge in [0.05, 0.1) is 30.0 Å². The fourth-order valence-electron chi connectivity index (χ4n) is 2.84. The van der Waals surface area contributed by atoms with E-state index in [-0.39, 0.29) is 17.2 Å². The summed E-state index contributed by atoms with van der Waals surface area (Å²) in [6.07, 6.45) is 2.17. The Bertz CT molecular complexity index is 822. The fraction of sp³-hybridized carbons (Fsp3) is 0.381. The highest BCUT2D eigenvalue weighted by atomic mass is 32.2. The first-order chi connectivity index (χ1) is 14.0. The number of ether oxygens (including phenoxy) is 1. The SMILES string of the molecule is CC(O)Cc1ncccc1C(=O)N1CCSCC1.COc1cccc(O)c1C=O. The van der Waals surface area contributed by atoms with E-state index in [0.717, 1.165) is 24.6 Å². The zero-order valence-electron chi connectivity index (χ0n) is 16.6. The number of phenolic OH excluding ortho intramolecular Hbond substituents is 1. The number of thioether (sulfide) groups is 1. The molecule has 2 N–H and O–H groups in total. The van der Waals surface area contributed by atoms with E-state index in [1.54, 1.807) is 37.4 Å². The number of aromatic nitrogens is 1. The van der Waals surface area contributed by atoms with E-state index in [2.05, 4.69) is 4.98 Å². The molecule has 1 amide bonds. The number of aldehydes is 1. The number of nitrogens with zero attached hydrogens (tertiary/aromatic N) is 2. The molecule has 8 heteroatoms. The van der Waals surface area contributed by atoms with Gasteiger partial charge in [-0.1, -0.05) is 6.07 Å². The topological polar surface area (TPSA) is 100.0 Å². The van der Waals surface area contributed by atoms with Gasteiger partial charge in [-0.05, 0) is 31.2 Å². The quantitative estimate of drug-likeness (QED) is 0.719. The van der Waals surface area contributed by atoms with Crippen molar-refractivity contribution < 1.29 is 24.5 Å². The van der Waals surface area contributed by atoms with E-state index in [1.165, 1.54) is 13.2 Å². The summed E-state index contributed by atoms with van der Waals surface area (Å²) in [4.78, 5) is 28.9. The van der Waals surface area contributed by atoms with Crippen LogP contribution in [-0.2, 0) is 6.42 Å². The Morgan fingerprint density at radius 2 is 2.03 bits per heavy atom. The molecule has 1 aliphatic rings. The van der Waals surface area contributed by atoms with Gasteiger partial charge in [-0.2, -0.15) is 11.8 Å². The van der Waals surface area contributed by atoms with Crippen LogP contribution in [0.3, 0.4) is 0 Å². The van der Waals surface area contributed by atoms with Crippen LogP contribution in [0.2, 0.25) is 0 Å². The highest BCUT2D eigenvalue weighted by molar-refractivity contribution is 7.99. The molecule has 1 aliphatic heterocycles. The summed E-state index contributed by atoms with van der Waals surface area (Å²) in [5, 5.41) is 18.6. The van der Waals surface area contributed by atoms with Gasteiger partial charge < -0.3 is 19.8 Å². The number of benzene rings is 1. The number of hydrogen-bond donors (Lipinski definition) is 2. The van der Waals surface area contributed by atoms with E-state index < -0.39 is 6.10 Å². The smallest absolute Gasteiger partial charge is 0.255 e. The maximum Gasteiger partial charge on any atom is 0.255 e. The van der Waals surface area contributed by atoms with E-state index in [9.17, 15) is 14.7 Å². The predicted molar refractivity (Wildman–Crippen MR) is 113 cm³/mol. The number of amides is 1. The summed E-state index contributed by atoms with van der Waals surface area (Å²) in [6, 6.07) is 8.24. The largest absolute Gasteiger partial charge is 0.507 e. The predicted octanol–water partition coefficient (Wildman–Crippen LogP) is 2.41. The van der Waals surface area contributed by atoms with Crippen molar-refractivity contribution in [3.8, 4) is 11.5 Å². The van der Waals surface area contributed by atoms with Crippen LogP contribution in [0.1, 0.15) is 33.3 Å². The molecular formula is C21H26N2O5S. The highest BCUT2D eigenvalue weighted by Crippen LogP contribution is 2.24. The monoisotopic (exact) mass is 418 g/mol. The molecule has 3 rings (SSSR count). The lowest BCUT2D eigenvalue weighted by atomic mass is 10.1. The number of rotatable bonds is 5. The molecule has 0 saturated carbocycles. The second-order valence-corrected chi connectivity index (χ2v) is 7.69. The van der Waals surface area contributed by atoms with Gasteiger partial charge in [0.25, 0.3) is 5.91 Å². The number of carbonyl (C=O) groups excluding carboxylic acids is 2. The van der Waals surface area contributed by atoms with Gasteiger partial charge >= 0.3 is 0 Å². The summed E-state index contributed by atoms with van der Waals surface area (Å²) in [7, 11) is 1.45. The molecule has 29 heavy (non-hydrogen) atoms. The van der Waals surface area contributed by atoms with Gasteiger partial charge in [0.2, 0.25) is 0 Å². The third kappa shape index (κ3) is 6.47. The van der Waals surface area contributed by atoms with Gasteiger partial charge in [0.1, 0.15) is 11.5 Å². The van der Waals surface area contributed by atoms with Crippen LogP contribution in [0.5, 0.6) is 11.5 Å². The lowest BCUT2D eigenvalue weighted by molar-refractivity contribution is 0.0769. The van der Waals surface area contributed by atoms with Crippen molar-refractivity contribution in [3.05, 3.63) is 53.3 Å². The number of carbonyl (C=O) groups is 2. The van der Waals surface area contributed by atoms with Crippen molar-refractivity contribution in [2.45, 2.75) is 19.4 Å². The zero-order valence-corrected chi connectivity index (χ0v) is 17.4. The molecule has 0 spiro atoms. The van der Waals surface area contributed by atoms with Gasteiger partial charge in [-0.15, -0.1) is 0 Å². The summed E-state index contributed by atoms with van der Waals surface area (Å²) < 4.78 is 4.83. The normalized spacial score (nSPS) is 14.4. The Morgan fingerprint density at radius 1 is 1.31 bits per heavy atom. The van der Waals surface area contributed by atoms with Crippen LogP contribution in [0, 0.1) is 0 Å². The van der Waals surface area contributed by atoms with Crippen LogP contribution >= 0.6 is 11.8 Å².